The number of hydrogen-bond donors (Lipinski definition) is 0. The monoisotopic (exact) mass is 452 g/mol. The summed E-state index contributed by atoms with van der Waals surface area (Å²) in [5, 5.41) is 0. The molecule has 1 atom stereocenters. The first-order chi connectivity index (χ1) is 14.3. The zero-order chi connectivity index (χ0) is 21.4. The minimum Gasteiger partial charge on any atom is -0.467 e. The molecule has 2 fully saturated rings. The van der Waals surface area contributed by atoms with Gasteiger partial charge >= 0.3 is 0 Å². The summed E-state index contributed by atoms with van der Waals surface area (Å²) in [6.07, 6.45) is 3.57. The third-order valence-corrected chi connectivity index (χ3v) is 9.28. The summed E-state index contributed by atoms with van der Waals surface area (Å²) in [5.74, 6) is 0.174. The van der Waals surface area contributed by atoms with E-state index in [9.17, 15) is 21.6 Å². The van der Waals surface area contributed by atoms with Crippen LogP contribution in [-0.4, -0.2) is 62.6 Å². The van der Waals surface area contributed by atoms with E-state index in [2.05, 4.69) is 0 Å². The lowest BCUT2D eigenvalue weighted by molar-refractivity contribution is 0.0666. The largest absolute Gasteiger partial charge is 0.467 e. The lowest BCUT2D eigenvalue weighted by Crippen LogP contribution is -2.40. The van der Waals surface area contributed by atoms with Crippen molar-refractivity contribution in [3.63, 3.8) is 0 Å². The number of hydrogen-bond acceptors (Lipinski definition) is 6. The van der Waals surface area contributed by atoms with Crippen molar-refractivity contribution in [1.82, 2.24) is 9.21 Å². The predicted molar refractivity (Wildman–Crippen MR) is 110 cm³/mol. The van der Waals surface area contributed by atoms with Crippen molar-refractivity contribution in [1.29, 1.82) is 0 Å². The van der Waals surface area contributed by atoms with Crippen LogP contribution in [0, 0.1) is 0 Å². The predicted octanol–water partition coefficient (Wildman–Crippen LogP) is 1.89. The fraction of sp³-hybridized carbons (Fsp3) is 0.450. The third kappa shape index (κ3) is 4.30. The molecular formula is C20H24N2O6S2. The van der Waals surface area contributed by atoms with Gasteiger partial charge in [-0.05, 0) is 55.7 Å². The highest BCUT2D eigenvalue weighted by Crippen LogP contribution is 2.25. The lowest BCUT2D eigenvalue weighted by atomic mass is 10.1. The number of furan rings is 1. The molecule has 0 radical (unpaired) electrons. The Labute approximate surface area is 176 Å². The lowest BCUT2D eigenvalue weighted by Gasteiger charge is -2.27. The maximum Gasteiger partial charge on any atom is 0.254 e. The third-order valence-electron chi connectivity index (χ3n) is 5.62. The molecule has 162 valence electrons. The van der Waals surface area contributed by atoms with Gasteiger partial charge in [-0.1, -0.05) is 0 Å². The van der Waals surface area contributed by atoms with Crippen LogP contribution in [0.5, 0.6) is 0 Å². The van der Waals surface area contributed by atoms with Crippen LogP contribution < -0.4 is 0 Å². The van der Waals surface area contributed by atoms with Crippen LogP contribution in [0.2, 0.25) is 0 Å². The van der Waals surface area contributed by atoms with Crippen molar-refractivity contribution in [2.75, 3.05) is 24.6 Å². The number of carbonyl (C=O) groups excluding carboxylic acids is 1. The van der Waals surface area contributed by atoms with Crippen molar-refractivity contribution in [3.05, 3.63) is 54.0 Å². The zero-order valence-electron chi connectivity index (χ0n) is 16.4. The number of benzene rings is 1. The zero-order valence-corrected chi connectivity index (χ0v) is 18.1. The van der Waals surface area contributed by atoms with Gasteiger partial charge in [-0.15, -0.1) is 0 Å². The first-order valence-corrected chi connectivity index (χ1v) is 13.2. The van der Waals surface area contributed by atoms with Gasteiger partial charge < -0.3 is 9.32 Å². The number of carbonyl (C=O) groups is 1. The first-order valence-electron chi connectivity index (χ1n) is 9.90. The van der Waals surface area contributed by atoms with Crippen LogP contribution in [0.1, 0.15) is 35.4 Å². The quantitative estimate of drug-likeness (QED) is 0.663. The minimum atomic E-state index is -3.56. The van der Waals surface area contributed by atoms with Crippen molar-refractivity contribution in [2.24, 2.45) is 0 Å². The average Bonchev–Trinajstić information content (AvgIpc) is 3.48. The molecule has 10 heteroatoms. The number of rotatable bonds is 6. The van der Waals surface area contributed by atoms with Gasteiger partial charge in [0.15, 0.2) is 9.84 Å². The van der Waals surface area contributed by atoms with E-state index in [0.29, 0.717) is 30.8 Å². The van der Waals surface area contributed by atoms with E-state index in [1.165, 1.54) is 39.7 Å². The second-order valence-electron chi connectivity index (χ2n) is 7.70. The molecule has 4 rings (SSSR count). The topological polar surface area (TPSA) is 105 Å². The van der Waals surface area contributed by atoms with E-state index in [1.54, 1.807) is 12.1 Å². The molecular weight excluding hydrogens is 428 g/mol. The Hall–Kier alpha value is -2.17. The van der Waals surface area contributed by atoms with Crippen molar-refractivity contribution >= 4 is 25.8 Å². The van der Waals surface area contributed by atoms with Gasteiger partial charge in [0.05, 0.1) is 29.2 Å². The van der Waals surface area contributed by atoms with E-state index < -0.39 is 25.9 Å². The molecule has 1 aromatic heterocycles. The summed E-state index contributed by atoms with van der Waals surface area (Å²) in [6.45, 7) is 1.17. The minimum absolute atomic E-state index is 0.0482. The van der Waals surface area contributed by atoms with E-state index in [0.717, 1.165) is 12.8 Å². The van der Waals surface area contributed by atoms with Crippen LogP contribution in [0.25, 0.3) is 0 Å². The summed E-state index contributed by atoms with van der Waals surface area (Å²) in [6, 6.07) is 8.86. The standard InChI is InChI=1S/C20H24N2O6S2/c23-20(16-5-7-19(8-6-16)30(26,27)21-10-1-2-11-21)22(14-18-4-3-12-28-18)17-9-13-29(24,25)15-17/h3-8,12,17H,1-2,9-11,13-15H2. The molecule has 30 heavy (non-hydrogen) atoms. The van der Waals surface area contributed by atoms with Gasteiger partial charge in [-0.25, -0.2) is 16.8 Å². The van der Waals surface area contributed by atoms with Gasteiger partial charge in [-0.3, -0.25) is 4.79 Å². The molecule has 2 aromatic rings. The molecule has 1 unspecified atom stereocenters. The highest BCUT2D eigenvalue weighted by molar-refractivity contribution is 7.91. The molecule has 1 amide bonds. The fourth-order valence-electron chi connectivity index (χ4n) is 3.97. The molecule has 1 aromatic carbocycles. The normalized spacial score (nSPS) is 21.7. The maximum atomic E-state index is 13.2. The van der Waals surface area contributed by atoms with E-state index in [-0.39, 0.29) is 28.9 Å². The highest BCUT2D eigenvalue weighted by Gasteiger charge is 2.35. The number of amides is 1. The van der Waals surface area contributed by atoms with Crippen molar-refractivity contribution in [3.8, 4) is 0 Å². The Kier molecular flexibility index (Phi) is 5.73. The molecule has 2 aliphatic rings. The summed E-state index contributed by atoms with van der Waals surface area (Å²) in [4.78, 5) is 14.9. The van der Waals surface area contributed by atoms with E-state index >= 15 is 0 Å². The molecule has 0 spiro atoms. The maximum absolute atomic E-state index is 13.2. The van der Waals surface area contributed by atoms with Gasteiger partial charge in [0.25, 0.3) is 5.91 Å². The molecule has 0 N–H and O–H groups in total. The van der Waals surface area contributed by atoms with E-state index in [4.69, 9.17) is 4.42 Å². The molecule has 2 saturated heterocycles. The van der Waals surface area contributed by atoms with Gasteiger partial charge in [0, 0.05) is 24.7 Å². The van der Waals surface area contributed by atoms with Crippen LogP contribution in [-0.2, 0) is 26.4 Å². The van der Waals surface area contributed by atoms with Gasteiger partial charge in [-0.2, -0.15) is 4.31 Å². The van der Waals surface area contributed by atoms with Crippen molar-refractivity contribution < 1.29 is 26.0 Å². The van der Waals surface area contributed by atoms with Crippen LogP contribution >= 0.6 is 0 Å². The second-order valence-corrected chi connectivity index (χ2v) is 11.9. The Bertz CT molecular complexity index is 1100. The summed E-state index contributed by atoms with van der Waals surface area (Å²) >= 11 is 0. The molecule has 0 saturated carbocycles. The number of nitrogens with zero attached hydrogens (tertiary/aromatic N) is 2. The number of sulfone groups is 1. The van der Waals surface area contributed by atoms with Crippen LogP contribution in [0.3, 0.4) is 0 Å². The molecule has 0 bridgehead atoms. The molecule has 0 aliphatic carbocycles. The Morgan fingerprint density at radius 3 is 2.40 bits per heavy atom. The Balaban J connectivity index is 1.58. The number of sulfonamides is 1. The van der Waals surface area contributed by atoms with Gasteiger partial charge in [0.1, 0.15) is 5.76 Å². The summed E-state index contributed by atoms with van der Waals surface area (Å²) in [7, 11) is -6.74. The SMILES string of the molecule is O=C(c1ccc(S(=O)(=O)N2CCCC2)cc1)N(Cc1ccco1)C1CCS(=O)(=O)C1. The van der Waals surface area contributed by atoms with Gasteiger partial charge in [0.2, 0.25) is 10.0 Å². The van der Waals surface area contributed by atoms with E-state index in [1.807, 2.05) is 0 Å². The van der Waals surface area contributed by atoms with Crippen LogP contribution in [0.15, 0.2) is 52.0 Å². The smallest absolute Gasteiger partial charge is 0.254 e. The first kappa shape index (κ1) is 21.1. The highest BCUT2D eigenvalue weighted by atomic mass is 32.2. The fourth-order valence-corrected chi connectivity index (χ4v) is 7.22. The van der Waals surface area contributed by atoms with Crippen molar-refractivity contribution in [2.45, 2.75) is 36.7 Å². The Morgan fingerprint density at radius 1 is 1.13 bits per heavy atom. The van der Waals surface area contributed by atoms with Crippen LogP contribution in [0.4, 0.5) is 0 Å². The molecule has 3 heterocycles. The molecule has 8 nitrogen and oxygen atoms in total. The average molecular weight is 453 g/mol. The second kappa shape index (κ2) is 8.16. The Morgan fingerprint density at radius 2 is 1.83 bits per heavy atom. The molecule has 2 aliphatic heterocycles. The summed E-state index contributed by atoms with van der Waals surface area (Å²) in [5.41, 5.74) is 0.311. The summed E-state index contributed by atoms with van der Waals surface area (Å²) < 4.78 is 56.1.